The molecule has 0 saturated carbocycles. The lowest BCUT2D eigenvalue weighted by atomic mass is 9.67. The first kappa shape index (κ1) is 48.9. The average Bonchev–Trinajstić information content (AvgIpc) is 4.13. The van der Waals surface area contributed by atoms with Crippen molar-refractivity contribution >= 4 is 35.1 Å². The van der Waals surface area contributed by atoms with Gasteiger partial charge < -0.3 is 41.8 Å². The number of hydrogen-bond donors (Lipinski definition) is 6. The molecule has 71 heavy (non-hydrogen) atoms. The summed E-state index contributed by atoms with van der Waals surface area (Å²) in [4.78, 5) is 60.2. The molecule has 0 unspecified atom stereocenters. The lowest BCUT2D eigenvalue weighted by Crippen LogP contribution is -2.52. The zero-order valence-corrected chi connectivity index (χ0v) is 42.3. The van der Waals surface area contributed by atoms with Crippen LogP contribution in [0.2, 0.25) is 0 Å². The van der Waals surface area contributed by atoms with Gasteiger partial charge in [0.2, 0.25) is 5.78 Å². The number of hydrogen-bond acceptors (Lipinski definition) is 12. The molecule has 14 heteroatoms. The first-order chi connectivity index (χ1) is 34.3. The topological polar surface area (TPSA) is 197 Å². The van der Waals surface area contributed by atoms with Gasteiger partial charge in [0.05, 0.1) is 18.3 Å². The van der Waals surface area contributed by atoms with Crippen molar-refractivity contribution in [1.82, 2.24) is 31.2 Å². The minimum Gasteiger partial charge on any atom is -0.463 e. The van der Waals surface area contributed by atoms with Crippen molar-refractivity contribution in [2.45, 2.75) is 140 Å². The van der Waals surface area contributed by atoms with Crippen LogP contribution in [0.15, 0.2) is 89.2 Å². The highest BCUT2D eigenvalue weighted by Crippen LogP contribution is 2.60. The number of fused-ring (bicyclic) bond motifs is 2. The number of guanidine groups is 1. The quantitative estimate of drug-likeness (QED) is 0.0508. The molecule has 7 aliphatic rings. The first-order valence-electron chi connectivity index (χ1n) is 26.3. The van der Waals surface area contributed by atoms with Crippen LogP contribution >= 0.6 is 0 Å². The van der Waals surface area contributed by atoms with E-state index in [0.717, 1.165) is 105 Å². The number of esters is 1. The molecule has 7 N–H and O–H groups in total. The summed E-state index contributed by atoms with van der Waals surface area (Å²) in [6.07, 6.45) is 24.0. The number of allylic oxidation sites excluding steroid dienone is 3. The van der Waals surface area contributed by atoms with Gasteiger partial charge in [-0.05, 0) is 143 Å². The molecule has 1 aromatic carbocycles. The number of benzene rings is 1. The Morgan fingerprint density at radius 2 is 1.92 bits per heavy atom. The lowest BCUT2D eigenvalue weighted by molar-refractivity contribution is -0.150. The summed E-state index contributed by atoms with van der Waals surface area (Å²) in [5.41, 5.74) is 8.28. The number of anilines is 2. The molecular weight excluding hydrogens is 891 g/mol. The maximum Gasteiger partial charge on any atom is 0.350 e. The lowest BCUT2D eigenvalue weighted by Gasteiger charge is -2.40. The van der Waals surface area contributed by atoms with Crippen molar-refractivity contribution in [3.05, 3.63) is 118 Å². The Hall–Kier alpha value is -5.70. The van der Waals surface area contributed by atoms with E-state index in [-0.39, 0.29) is 47.9 Å². The molecule has 3 aliphatic carbocycles. The molecule has 3 aromatic rings. The highest BCUT2D eigenvalue weighted by molar-refractivity contribution is 6.33. The number of cyclic esters (lactones) is 1. The predicted molar refractivity (Wildman–Crippen MR) is 277 cm³/mol. The van der Waals surface area contributed by atoms with E-state index in [9.17, 15) is 0 Å². The normalized spacial score (nSPS) is 33.2. The number of epoxide rings is 1. The van der Waals surface area contributed by atoms with Crippen LogP contribution in [-0.2, 0) is 39.1 Å². The zero-order valence-electron chi connectivity index (χ0n) is 42.3. The van der Waals surface area contributed by atoms with E-state index in [1.165, 1.54) is 11.1 Å². The number of carbonyl (C=O) groups is 3. The zero-order chi connectivity index (χ0) is 49.5. The Kier molecular flexibility index (Phi) is 13.6. The second kappa shape index (κ2) is 19.7. The minimum absolute atomic E-state index is 0.0121. The molecule has 9 atom stereocenters. The van der Waals surface area contributed by atoms with Crippen LogP contribution in [0.5, 0.6) is 0 Å². The molecule has 0 amide bonds. The van der Waals surface area contributed by atoms with Gasteiger partial charge in [-0.15, -0.1) is 0 Å². The average molecular weight is 964 g/mol. The Morgan fingerprint density at radius 3 is 2.72 bits per heavy atom. The van der Waals surface area contributed by atoms with E-state index in [4.69, 9.17) is 20.2 Å². The number of nitrogens with two attached hydrogens (primary N) is 1. The van der Waals surface area contributed by atoms with Gasteiger partial charge in [0.15, 0.2) is 17.3 Å². The van der Waals surface area contributed by atoms with Gasteiger partial charge in [-0.3, -0.25) is 14.6 Å². The van der Waals surface area contributed by atoms with Gasteiger partial charge in [0, 0.05) is 61.1 Å². The highest BCUT2D eigenvalue weighted by atomic mass is 16.7. The fraction of sp³-hybridized carbons (Fsp3) is 0.544. The van der Waals surface area contributed by atoms with E-state index in [1.54, 1.807) is 13.1 Å². The number of nitrogens with zero attached hydrogens (tertiary/aromatic N) is 3. The summed E-state index contributed by atoms with van der Waals surface area (Å²) in [6.45, 7) is 8.07. The van der Waals surface area contributed by atoms with Crippen LogP contribution in [0.3, 0.4) is 0 Å². The second-order valence-electron chi connectivity index (χ2n) is 21.9. The number of likely N-dealkylation sites (N-methyl/N-ethyl adjacent to an activating group) is 1. The monoisotopic (exact) mass is 964 g/mol. The number of nitrogen functional groups attached to an aromatic ring is 1. The summed E-state index contributed by atoms with van der Waals surface area (Å²) in [5, 5.41) is 17.9. The van der Waals surface area contributed by atoms with Crippen molar-refractivity contribution < 1.29 is 23.9 Å². The number of aliphatic imine (C=N–C) groups is 1. The van der Waals surface area contributed by atoms with Gasteiger partial charge in [-0.25, -0.2) is 14.8 Å². The maximum absolute atomic E-state index is 15.7. The second-order valence-corrected chi connectivity index (χ2v) is 21.9. The van der Waals surface area contributed by atoms with Crippen molar-refractivity contribution in [2.75, 3.05) is 44.8 Å². The summed E-state index contributed by atoms with van der Waals surface area (Å²) >= 11 is 0. The van der Waals surface area contributed by atoms with Gasteiger partial charge in [0.25, 0.3) is 5.60 Å². The molecule has 2 aromatic heterocycles. The number of rotatable bonds is 10. The molecular formula is C57H73N9O5. The van der Waals surface area contributed by atoms with Gasteiger partial charge >= 0.3 is 5.97 Å². The molecule has 0 radical (unpaired) electrons. The maximum atomic E-state index is 15.7. The summed E-state index contributed by atoms with van der Waals surface area (Å²) in [6, 6.07) is 11.5. The minimum atomic E-state index is -2.13. The number of carbonyl (C=O) groups excluding carboxylic acids is 3. The van der Waals surface area contributed by atoms with E-state index >= 15 is 14.4 Å². The van der Waals surface area contributed by atoms with E-state index in [0.29, 0.717) is 48.4 Å². The van der Waals surface area contributed by atoms with Crippen molar-refractivity contribution in [3.8, 4) is 0 Å². The van der Waals surface area contributed by atoms with Crippen molar-refractivity contribution in [2.24, 2.45) is 28.2 Å². The molecule has 2 saturated heterocycles. The van der Waals surface area contributed by atoms with Crippen molar-refractivity contribution in [3.63, 3.8) is 0 Å². The molecule has 2 fully saturated rings. The van der Waals surface area contributed by atoms with Crippen LogP contribution in [0.1, 0.15) is 134 Å². The third kappa shape index (κ3) is 9.02. The van der Waals surface area contributed by atoms with Crippen LogP contribution in [0.4, 0.5) is 11.6 Å². The van der Waals surface area contributed by atoms with Crippen LogP contribution < -0.4 is 32.3 Å². The molecule has 1 spiro atoms. The van der Waals surface area contributed by atoms with Crippen LogP contribution in [0.25, 0.3) is 0 Å². The Bertz CT molecular complexity index is 2680. The van der Waals surface area contributed by atoms with Gasteiger partial charge in [-0.2, -0.15) is 0 Å². The summed E-state index contributed by atoms with van der Waals surface area (Å²) < 4.78 is 13.1. The molecule has 14 nitrogen and oxygen atoms in total. The highest BCUT2D eigenvalue weighted by Gasteiger charge is 2.85. The Morgan fingerprint density at radius 1 is 1.04 bits per heavy atom. The fourth-order valence-corrected chi connectivity index (χ4v) is 13.5. The van der Waals surface area contributed by atoms with Crippen LogP contribution in [-0.4, -0.2) is 90.7 Å². The number of ketones is 2. The number of Topliss-reactive ketones (excluding diaryl/α,β-unsaturated/α-hetero) is 2. The van der Waals surface area contributed by atoms with Gasteiger partial charge in [0.1, 0.15) is 11.6 Å². The van der Waals surface area contributed by atoms with Crippen LogP contribution in [0, 0.1) is 23.2 Å². The standard InChI is InChI=1S/C57H73N9O5/c1-6-61-45-29-38-14-9-13-37-12-7-8-23-54(3,31-36-17-19-46(58)64-33-36)32-39-15-10-16-42-48(39)50(68)57(52(69)70-34-40(45)28-43(37)38)56(71-57,49(42)67)25-21-35(2)30-55(24-11-26-63-53(60-5)66-55)44-22-27-62-51-41(44)18-20-47(59-4)65-51/h9-10,14-17,19,21-22,27,29,33,37,40,43,45,47,59,61H,6-8,11-13,18,20,23-26,28,30-32,34H2,1-5H3,(H2,58,64)(H,62,65)(H2,60,63,66)/b35-21+/t37-,40-,43-,45-,47-,54+,55-,56-,57-/m0/s1. The molecule has 4 aliphatic heterocycles. The summed E-state index contributed by atoms with van der Waals surface area (Å²) in [5.74, 6) is 1.23. The first-order valence-corrected chi connectivity index (χ1v) is 26.3. The third-order valence-electron chi connectivity index (χ3n) is 17.1. The molecule has 6 heterocycles. The molecule has 376 valence electrons. The largest absolute Gasteiger partial charge is 0.463 e. The van der Waals surface area contributed by atoms with E-state index < -0.39 is 28.5 Å². The number of aromatic nitrogens is 2. The molecule has 10 rings (SSSR count). The fourth-order valence-electron chi connectivity index (χ4n) is 13.5. The predicted octanol–water partition coefficient (Wildman–Crippen LogP) is 7.46. The van der Waals surface area contributed by atoms with Gasteiger partial charge in [-0.1, -0.05) is 80.8 Å². The number of pyridine rings is 2. The Balaban J connectivity index is 1.03. The van der Waals surface area contributed by atoms with Crippen molar-refractivity contribution in [1.29, 1.82) is 0 Å². The van der Waals surface area contributed by atoms with E-state index in [2.05, 4.69) is 81.6 Å². The Labute approximate surface area is 419 Å². The number of ether oxygens (including phenoxy) is 2. The molecule has 4 bridgehead atoms. The summed E-state index contributed by atoms with van der Waals surface area (Å²) in [7, 11) is 3.74. The number of nitrogens with one attached hydrogen (secondary N) is 5. The SMILES string of the molecule is CCN[C@H]1C=C2C=CC[C@@H]3CCCC[C@](C)(Cc4ccc(N)nc4)Cc4cccc5c4C(=O)[C@]4(O[C@@]4(C/C=C(\C)C[C@]4(c6ccnc7c6CC[C@@H](NC)N7)CCCNC(=NC)N4)C5=O)C(=O)OC[C@@H]1C[C@H]23. The third-order valence-corrected chi connectivity index (χ3v) is 17.1. The smallest absolute Gasteiger partial charge is 0.350 e. The van der Waals surface area contributed by atoms with E-state index in [1.807, 2.05) is 49.8 Å².